The third-order valence-corrected chi connectivity index (χ3v) is 8.30. The van der Waals surface area contributed by atoms with Gasteiger partial charge in [0, 0.05) is 0 Å². The lowest BCUT2D eigenvalue weighted by Gasteiger charge is -2.64. The van der Waals surface area contributed by atoms with E-state index in [1.165, 1.54) is 0 Å². The maximum atomic E-state index is 2.62. The first-order valence-corrected chi connectivity index (χ1v) is 9.09. The fourth-order valence-corrected chi connectivity index (χ4v) is 7.12. The maximum absolute atomic E-state index is 2.62. The first-order valence-electron chi connectivity index (χ1n) is 9.09. The standard InChI is InChI=1S/C18H31B/c1-12-16-10-13(18(16,2)3)11-17(12)19-14-6-4-7-15(19)9-5-8-14/h12-17H,4-11H2,1-3H3/t12-,13+,14?,15?,16-,17?/m1/s1. The molecule has 5 aliphatic rings. The molecule has 4 atom stereocenters. The van der Waals surface area contributed by atoms with Crippen molar-refractivity contribution in [2.45, 2.75) is 89.6 Å². The van der Waals surface area contributed by atoms with Gasteiger partial charge in [-0.2, -0.15) is 0 Å². The number of hydrogen-bond acceptors (Lipinski definition) is 0. The van der Waals surface area contributed by atoms with Crippen LogP contribution in [-0.2, 0) is 0 Å². The van der Waals surface area contributed by atoms with Gasteiger partial charge in [-0.15, -0.1) is 0 Å². The van der Waals surface area contributed by atoms with Crippen molar-refractivity contribution in [2.24, 2.45) is 23.2 Å². The molecule has 19 heavy (non-hydrogen) atoms. The summed E-state index contributed by atoms with van der Waals surface area (Å²) < 4.78 is 0. The van der Waals surface area contributed by atoms with E-state index in [1.54, 1.807) is 51.4 Å². The predicted octanol–water partition coefficient (Wildman–Crippen LogP) is 5.66. The highest BCUT2D eigenvalue weighted by Crippen LogP contribution is 2.67. The summed E-state index contributed by atoms with van der Waals surface area (Å²) in [6, 6.07) is 0. The van der Waals surface area contributed by atoms with E-state index in [0.717, 1.165) is 41.9 Å². The Morgan fingerprint density at radius 3 is 1.95 bits per heavy atom. The molecule has 0 aromatic rings. The predicted molar refractivity (Wildman–Crippen MR) is 83.9 cm³/mol. The fraction of sp³-hybridized carbons (Fsp3) is 1.00. The van der Waals surface area contributed by atoms with Gasteiger partial charge in [-0.25, -0.2) is 0 Å². The highest BCUT2D eigenvalue weighted by atomic mass is 14.6. The number of rotatable bonds is 1. The Morgan fingerprint density at radius 1 is 0.895 bits per heavy atom. The summed E-state index contributed by atoms with van der Waals surface area (Å²) in [5.41, 5.74) is 0.680. The second kappa shape index (κ2) is 4.28. The summed E-state index contributed by atoms with van der Waals surface area (Å²) in [5, 5.41) is 0. The van der Waals surface area contributed by atoms with Crippen LogP contribution in [0.2, 0.25) is 17.5 Å². The molecule has 0 aromatic carbocycles. The van der Waals surface area contributed by atoms with Crippen LogP contribution < -0.4 is 0 Å². The molecule has 0 spiro atoms. The SMILES string of the molecule is C[C@H]1C(B2C3CCCC2CCC3)C[C@@H]2C[C@H]1C2(C)C. The lowest BCUT2D eigenvalue weighted by molar-refractivity contribution is -0.0998. The summed E-state index contributed by atoms with van der Waals surface area (Å²) in [6.07, 6.45) is 12.5. The first kappa shape index (κ1) is 12.8. The average molecular weight is 258 g/mol. The fourth-order valence-electron chi connectivity index (χ4n) is 7.12. The van der Waals surface area contributed by atoms with Crippen LogP contribution in [0, 0.1) is 23.2 Å². The van der Waals surface area contributed by atoms with Crippen LogP contribution in [0.5, 0.6) is 0 Å². The highest BCUT2D eigenvalue weighted by Gasteiger charge is 2.59. The molecule has 0 N–H and O–H groups in total. The van der Waals surface area contributed by atoms with E-state index in [1.807, 2.05) is 0 Å². The van der Waals surface area contributed by atoms with Gasteiger partial charge in [0.2, 0.25) is 0 Å². The monoisotopic (exact) mass is 258 g/mol. The van der Waals surface area contributed by atoms with Crippen LogP contribution in [0.3, 0.4) is 0 Å². The van der Waals surface area contributed by atoms with Gasteiger partial charge in [0.1, 0.15) is 6.71 Å². The molecule has 0 amide bonds. The molecular formula is C18H31B. The van der Waals surface area contributed by atoms with E-state index < -0.39 is 0 Å². The van der Waals surface area contributed by atoms with Crippen molar-refractivity contribution < 1.29 is 0 Å². The van der Waals surface area contributed by atoms with Crippen molar-refractivity contribution in [3.05, 3.63) is 0 Å². The topological polar surface area (TPSA) is 0 Å². The van der Waals surface area contributed by atoms with Crippen LogP contribution in [-0.4, -0.2) is 6.71 Å². The minimum absolute atomic E-state index is 0.680. The van der Waals surface area contributed by atoms with Crippen LogP contribution >= 0.6 is 0 Å². The molecule has 0 aromatic heterocycles. The first-order chi connectivity index (χ1) is 9.09. The minimum atomic E-state index is 0.680. The molecule has 2 heterocycles. The molecule has 5 rings (SSSR count). The van der Waals surface area contributed by atoms with Gasteiger partial charge in [0.05, 0.1) is 0 Å². The van der Waals surface area contributed by atoms with Crippen molar-refractivity contribution in [3.63, 3.8) is 0 Å². The molecule has 1 heteroatoms. The summed E-state index contributed by atoms with van der Waals surface area (Å²) in [4.78, 5) is 0. The van der Waals surface area contributed by atoms with Gasteiger partial charge in [0.15, 0.2) is 0 Å². The molecule has 3 saturated carbocycles. The van der Waals surface area contributed by atoms with Crippen molar-refractivity contribution in [1.82, 2.24) is 0 Å². The van der Waals surface area contributed by atoms with Crippen LogP contribution in [0.1, 0.15) is 72.1 Å². The molecule has 0 nitrogen and oxygen atoms in total. The zero-order chi connectivity index (χ0) is 13.2. The summed E-state index contributed by atoms with van der Waals surface area (Å²) in [7, 11) is 0. The third-order valence-electron chi connectivity index (χ3n) is 8.30. The molecule has 106 valence electrons. The number of fused-ring (bicyclic) bond motifs is 5. The van der Waals surface area contributed by atoms with Crippen LogP contribution in [0.25, 0.3) is 0 Å². The third kappa shape index (κ3) is 1.72. The van der Waals surface area contributed by atoms with Crippen LogP contribution in [0.15, 0.2) is 0 Å². The lowest BCUT2D eigenvalue weighted by Crippen LogP contribution is -2.57. The van der Waals surface area contributed by atoms with E-state index in [9.17, 15) is 0 Å². The summed E-state index contributed by atoms with van der Waals surface area (Å²) >= 11 is 0. The second-order valence-electron chi connectivity index (χ2n) is 9.08. The van der Waals surface area contributed by atoms with E-state index in [0.29, 0.717) is 5.41 Å². The van der Waals surface area contributed by atoms with Gasteiger partial charge in [-0.3, -0.25) is 0 Å². The molecule has 2 saturated heterocycles. The van der Waals surface area contributed by atoms with Crippen LogP contribution in [0.4, 0.5) is 0 Å². The van der Waals surface area contributed by atoms with Crippen molar-refractivity contribution in [1.29, 1.82) is 0 Å². The van der Waals surface area contributed by atoms with Crippen molar-refractivity contribution >= 4 is 6.71 Å². The van der Waals surface area contributed by atoms with E-state index >= 15 is 0 Å². The van der Waals surface area contributed by atoms with Gasteiger partial charge >= 0.3 is 0 Å². The van der Waals surface area contributed by atoms with E-state index in [2.05, 4.69) is 20.8 Å². The van der Waals surface area contributed by atoms with Gasteiger partial charge in [-0.05, 0) is 29.6 Å². The van der Waals surface area contributed by atoms with Gasteiger partial charge in [0.25, 0.3) is 0 Å². The zero-order valence-corrected chi connectivity index (χ0v) is 13.2. The summed E-state index contributed by atoms with van der Waals surface area (Å²) in [6.45, 7) is 8.87. The largest absolute Gasteiger partial charge is 0.149 e. The normalized spacial score (nSPS) is 51.6. The van der Waals surface area contributed by atoms with Crippen molar-refractivity contribution in [3.8, 4) is 0 Å². The Labute approximate surface area is 120 Å². The molecule has 4 bridgehead atoms. The Hall–Kier alpha value is 0.0649. The highest BCUT2D eigenvalue weighted by molar-refractivity contribution is 6.64. The lowest BCUT2D eigenvalue weighted by atomic mass is 9.18. The quantitative estimate of drug-likeness (QED) is 0.532. The summed E-state index contributed by atoms with van der Waals surface area (Å²) in [5.74, 6) is 6.50. The Balaban J connectivity index is 1.57. The Morgan fingerprint density at radius 2 is 1.47 bits per heavy atom. The second-order valence-corrected chi connectivity index (χ2v) is 9.08. The molecule has 5 fully saturated rings. The molecule has 2 aliphatic heterocycles. The van der Waals surface area contributed by atoms with E-state index in [-0.39, 0.29) is 0 Å². The van der Waals surface area contributed by atoms with Gasteiger partial charge < -0.3 is 0 Å². The zero-order valence-electron chi connectivity index (χ0n) is 13.2. The molecule has 0 radical (unpaired) electrons. The van der Waals surface area contributed by atoms with E-state index in [4.69, 9.17) is 0 Å². The van der Waals surface area contributed by atoms with Crippen molar-refractivity contribution in [2.75, 3.05) is 0 Å². The van der Waals surface area contributed by atoms with Gasteiger partial charge in [-0.1, -0.05) is 83.2 Å². The minimum Gasteiger partial charge on any atom is -0.0626 e. The smallest absolute Gasteiger partial charge is 0.0626 e. The maximum Gasteiger partial charge on any atom is 0.149 e. The number of hydrogen-bond donors (Lipinski definition) is 0. The molecular weight excluding hydrogens is 227 g/mol. The Bertz CT molecular complexity index is 339. The molecule has 1 unspecified atom stereocenters. The Kier molecular flexibility index (Phi) is 2.88. The molecule has 3 aliphatic carbocycles. The average Bonchev–Trinajstić information content (AvgIpc) is 2.37.